The lowest BCUT2D eigenvalue weighted by Gasteiger charge is -2.14. The van der Waals surface area contributed by atoms with Crippen LogP contribution in [0.4, 0.5) is 10.5 Å². The molecule has 2 aromatic heterocycles. The van der Waals surface area contributed by atoms with Crippen LogP contribution in [0.2, 0.25) is 0 Å². The molecule has 26 heavy (non-hydrogen) atoms. The Bertz CT molecular complexity index is 951. The number of hydrogen-bond acceptors (Lipinski definition) is 5. The number of hydroxylamine groups is 2. The van der Waals surface area contributed by atoms with Crippen molar-refractivity contribution in [2.24, 2.45) is 0 Å². The van der Waals surface area contributed by atoms with E-state index in [1.165, 1.54) is 14.2 Å². The van der Waals surface area contributed by atoms with Crippen LogP contribution in [-0.2, 0) is 4.84 Å². The highest BCUT2D eigenvalue weighted by molar-refractivity contribution is 5.92. The van der Waals surface area contributed by atoms with Crippen molar-refractivity contribution in [1.29, 1.82) is 0 Å². The molecule has 0 unspecified atom stereocenters. The number of benzene rings is 1. The van der Waals surface area contributed by atoms with Crippen LogP contribution in [0.5, 0.6) is 0 Å². The van der Waals surface area contributed by atoms with E-state index < -0.39 is 0 Å². The molecule has 0 spiro atoms. The second-order valence-corrected chi connectivity index (χ2v) is 5.41. The summed E-state index contributed by atoms with van der Waals surface area (Å²) in [6.07, 6.45) is 4.89. The van der Waals surface area contributed by atoms with Gasteiger partial charge in [-0.2, -0.15) is 0 Å². The standard InChI is InChI=1S/C17H18N6O3/c1-18-16(24)13-10-23-14(8-20-15(23)9-19-13)11-4-6-12(7-5-11)21-17(25)22(2)26-3/h4-10H,1-3H3,(H,18,24)(H,21,25). The number of anilines is 1. The monoisotopic (exact) mass is 354 g/mol. The fourth-order valence-electron chi connectivity index (χ4n) is 2.36. The van der Waals surface area contributed by atoms with Crippen LogP contribution >= 0.6 is 0 Å². The minimum atomic E-state index is -0.378. The smallest absolute Gasteiger partial charge is 0.345 e. The molecule has 3 amide bonds. The molecule has 2 N–H and O–H groups in total. The first-order valence-electron chi connectivity index (χ1n) is 7.78. The number of carbonyl (C=O) groups is 2. The third-order valence-electron chi connectivity index (χ3n) is 3.85. The molecule has 3 rings (SSSR count). The van der Waals surface area contributed by atoms with E-state index in [0.717, 1.165) is 16.3 Å². The molecule has 0 atom stereocenters. The van der Waals surface area contributed by atoms with Gasteiger partial charge in [0, 0.05) is 31.5 Å². The lowest BCUT2D eigenvalue weighted by atomic mass is 10.1. The molecule has 1 aromatic carbocycles. The number of urea groups is 1. The quantitative estimate of drug-likeness (QED) is 0.696. The summed E-state index contributed by atoms with van der Waals surface area (Å²) in [5.74, 6) is -0.271. The number of aromatic nitrogens is 3. The van der Waals surface area contributed by atoms with E-state index in [9.17, 15) is 9.59 Å². The van der Waals surface area contributed by atoms with Crippen molar-refractivity contribution >= 4 is 23.3 Å². The number of hydrogen-bond donors (Lipinski definition) is 2. The van der Waals surface area contributed by atoms with E-state index >= 15 is 0 Å². The van der Waals surface area contributed by atoms with Crippen LogP contribution in [0.25, 0.3) is 16.9 Å². The zero-order chi connectivity index (χ0) is 18.7. The van der Waals surface area contributed by atoms with Crippen molar-refractivity contribution in [2.45, 2.75) is 0 Å². The van der Waals surface area contributed by atoms with Crippen molar-refractivity contribution in [2.75, 3.05) is 26.5 Å². The van der Waals surface area contributed by atoms with E-state index in [2.05, 4.69) is 20.6 Å². The molecule has 9 nitrogen and oxygen atoms in total. The van der Waals surface area contributed by atoms with Gasteiger partial charge in [-0.3, -0.25) is 14.0 Å². The minimum absolute atomic E-state index is 0.271. The molecule has 2 heterocycles. The third-order valence-corrected chi connectivity index (χ3v) is 3.85. The van der Waals surface area contributed by atoms with Crippen molar-refractivity contribution in [1.82, 2.24) is 24.7 Å². The van der Waals surface area contributed by atoms with E-state index in [1.807, 2.05) is 12.1 Å². The Kier molecular flexibility index (Phi) is 4.81. The van der Waals surface area contributed by atoms with Gasteiger partial charge in [0.25, 0.3) is 5.91 Å². The topological polar surface area (TPSA) is 101 Å². The second kappa shape index (κ2) is 7.19. The van der Waals surface area contributed by atoms with Gasteiger partial charge in [0.05, 0.1) is 25.2 Å². The molecule has 0 aliphatic rings. The van der Waals surface area contributed by atoms with Crippen LogP contribution in [0.3, 0.4) is 0 Å². The number of amides is 3. The highest BCUT2D eigenvalue weighted by Crippen LogP contribution is 2.23. The average Bonchev–Trinajstić information content (AvgIpc) is 3.10. The molecule has 0 saturated heterocycles. The van der Waals surface area contributed by atoms with E-state index in [-0.39, 0.29) is 11.9 Å². The molecule has 0 aliphatic carbocycles. The van der Waals surface area contributed by atoms with E-state index in [0.29, 0.717) is 17.0 Å². The maximum Gasteiger partial charge on any atom is 0.345 e. The van der Waals surface area contributed by atoms with Gasteiger partial charge in [-0.05, 0) is 12.1 Å². The second-order valence-electron chi connectivity index (χ2n) is 5.41. The number of carbonyl (C=O) groups excluding carboxylic acids is 2. The molecule has 9 heteroatoms. The Morgan fingerprint density at radius 3 is 2.54 bits per heavy atom. The molecule has 0 radical (unpaired) electrons. The first kappa shape index (κ1) is 17.4. The third kappa shape index (κ3) is 3.33. The fraction of sp³-hybridized carbons (Fsp3) is 0.176. The van der Waals surface area contributed by atoms with Gasteiger partial charge in [-0.15, -0.1) is 0 Å². The Morgan fingerprint density at radius 2 is 1.88 bits per heavy atom. The lowest BCUT2D eigenvalue weighted by Crippen LogP contribution is -2.30. The largest absolute Gasteiger partial charge is 0.354 e. The molecule has 0 saturated carbocycles. The van der Waals surface area contributed by atoms with Crippen LogP contribution in [0.1, 0.15) is 10.5 Å². The summed E-state index contributed by atoms with van der Waals surface area (Å²) in [6.45, 7) is 0. The van der Waals surface area contributed by atoms with Crippen LogP contribution in [0, 0.1) is 0 Å². The van der Waals surface area contributed by atoms with Gasteiger partial charge in [0.2, 0.25) is 0 Å². The van der Waals surface area contributed by atoms with Crippen molar-refractivity contribution in [3.63, 3.8) is 0 Å². The number of rotatable bonds is 4. The molecule has 0 aliphatic heterocycles. The summed E-state index contributed by atoms with van der Waals surface area (Å²) in [6, 6.07) is 6.88. The number of nitrogens with zero attached hydrogens (tertiary/aromatic N) is 4. The summed E-state index contributed by atoms with van der Waals surface area (Å²) >= 11 is 0. The number of fused-ring (bicyclic) bond motifs is 1. The van der Waals surface area contributed by atoms with Crippen molar-refractivity contribution in [3.05, 3.63) is 48.5 Å². The Morgan fingerprint density at radius 1 is 1.15 bits per heavy atom. The molecular formula is C17H18N6O3. The summed E-state index contributed by atoms with van der Waals surface area (Å²) in [5, 5.41) is 6.35. The van der Waals surface area contributed by atoms with Gasteiger partial charge in [0.1, 0.15) is 5.69 Å². The number of imidazole rings is 1. The van der Waals surface area contributed by atoms with Crippen LogP contribution in [-0.4, -0.2) is 52.6 Å². The highest BCUT2D eigenvalue weighted by atomic mass is 16.7. The predicted molar refractivity (Wildman–Crippen MR) is 95.6 cm³/mol. The SMILES string of the molecule is CNC(=O)c1cn2c(-c3ccc(NC(=O)N(C)OC)cc3)cnc2cn1. The normalized spacial score (nSPS) is 10.6. The first-order chi connectivity index (χ1) is 12.5. The van der Waals surface area contributed by atoms with Gasteiger partial charge in [-0.25, -0.2) is 19.8 Å². The van der Waals surface area contributed by atoms with Crippen molar-refractivity contribution < 1.29 is 14.4 Å². The maximum atomic E-state index is 11.8. The molecule has 134 valence electrons. The molecule has 0 fully saturated rings. The summed E-state index contributed by atoms with van der Waals surface area (Å²) in [4.78, 5) is 36.8. The highest BCUT2D eigenvalue weighted by Gasteiger charge is 2.12. The van der Waals surface area contributed by atoms with Crippen LogP contribution < -0.4 is 10.6 Å². The van der Waals surface area contributed by atoms with Crippen molar-refractivity contribution in [3.8, 4) is 11.3 Å². The fourth-order valence-corrected chi connectivity index (χ4v) is 2.36. The minimum Gasteiger partial charge on any atom is -0.354 e. The predicted octanol–water partition coefficient (Wildman–Crippen LogP) is 1.78. The Balaban J connectivity index is 1.89. The zero-order valence-electron chi connectivity index (χ0n) is 14.6. The zero-order valence-corrected chi connectivity index (χ0v) is 14.6. The summed E-state index contributed by atoms with van der Waals surface area (Å²) in [5.41, 5.74) is 3.24. The Hall–Kier alpha value is -3.46. The van der Waals surface area contributed by atoms with Gasteiger partial charge < -0.3 is 10.6 Å². The van der Waals surface area contributed by atoms with Gasteiger partial charge in [0.15, 0.2) is 5.65 Å². The van der Waals surface area contributed by atoms with Gasteiger partial charge >= 0.3 is 6.03 Å². The van der Waals surface area contributed by atoms with E-state index in [4.69, 9.17) is 4.84 Å². The maximum absolute atomic E-state index is 11.8. The molecular weight excluding hydrogens is 336 g/mol. The Labute approximate surface area is 149 Å². The summed E-state index contributed by atoms with van der Waals surface area (Å²) in [7, 11) is 4.48. The first-order valence-corrected chi connectivity index (χ1v) is 7.78. The van der Waals surface area contributed by atoms with E-state index in [1.54, 1.807) is 42.2 Å². The van der Waals surface area contributed by atoms with Gasteiger partial charge in [-0.1, -0.05) is 12.1 Å². The summed E-state index contributed by atoms with van der Waals surface area (Å²) < 4.78 is 1.80. The molecule has 3 aromatic rings. The molecule has 0 bridgehead atoms. The number of nitrogens with one attached hydrogen (secondary N) is 2. The van der Waals surface area contributed by atoms with Crippen LogP contribution in [0.15, 0.2) is 42.9 Å². The average molecular weight is 354 g/mol. The lowest BCUT2D eigenvalue weighted by molar-refractivity contribution is -0.0598.